The van der Waals surface area contributed by atoms with Crippen LogP contribution in [0.3, 0.4) is 0 Å². The maximum absolute atomic E-state index is 12.5. The maximum Gasteiger partial charge on any atom is 0.242 e. The van der Waals surface area contributed by atoms with E-state index in [0.29, 0.717) is 11.1 Å². The number of amidine groups is 1. The highest BCUT2D eigenvalue weighted by Crippen LogP contribution is 2.31. The molecule has 0 radical (unpaired) electrons. The van der Waals surface area contributed by atoms with Crippen LogP contribution in [-0.2, 0) is 9.59 Å². The second-order valence-electron chi connectivity index (χ2n) is 7.21. The van der Waals surface area contributed by atoms with Crippen LogP contribution in [-0.4, -0.2) is 34.2 Å². The number of thioether (sulfide) groups is 1. The standard InChI is InChI=1S/C22H25N3O2S/c1-14(2)16-9-11-17(12-10-16)23-22-25(4)21(27)19(28-22)13-20(26)24-18-8-6-5-7-15(18)3/h5-12,14,19H,13H2,1-4H3,(H,24,26). The Morgan fingerprint density at radius 2 is 1.86 bits per heavy atom. The summed E-state index contributed by atoms with van der Waals surface area (Å²) in [5, 5.41) is 3.06. The van der Waals surface area contributed by atoms with Crippen molar-refractivity contribution in [1.29, 1.82) is 0 Å². The van der Waals surface area contributed by atoms with Crippen molar-refractivity contribution in [1.82, 2.24) is 4.90 Å². The average molecular weight is 396 g/mol. The SMILES string of the molecule is Cc1ccccc1NC(=O)CC1SC(=Nc2ccc(C(C)C)cc2)N(C)C1=O. The third-order valence-electron chi connectivity index (χ3n) is 4.72. The number of benzene rings is 2. The third kappa shape index (κ3) is 4.62. The highest BCUT2D eigenvalue weighted by Gasteiger charge is 2.37. The van der Waals surface area contributed by atoms with Crippen molar-refractivity contribution in [3.05, 3.63) is 59.7 Å². The van der Waals surface area contributed by atoms with Gasteiger partial charge in [-0.1, -0.05) is 55.9 Å². The van der Waals surface area contributed by atoms with Crippen LogP contribution < -0.4 is 5.32 Å². The molecule has 1 aliphatic heterocycles. The summed E-state index contributed by atoms with van der Waals surface area (Å²) in [5.74, 6) is 0.196. The molecule has 1 heterocycles. The van der Waals surface area contributed by atoms with Gasteiger partial charge in [-0.25, -0.2) is 4.99 Å². The summed E-state index contributed by atoms with van der Waals surface area (Å²) >= 11 is 1.34. The van der Waals surface area contributed by atoms with Crippen LogP contribution in [0, 0.1) is 6.92 Å². The lowest BCUT2D eigenvalue weighted by atomic mass is 10.0. The molecule has 1 fully saturated rings. The number of amides is 2. The van der Waals surface area contributed by atoms with Crippen LogP contribution in [0.15, 0.2) is 53.5 Å². The van der Waals surface area contributed by atoms with E-state index in [4.69, 9.17) is 0 Å². The quantitative estimate of drug-likeness (QED) is 0.798. The molecule has 0 aromatic heterocycles. The maximum atomic E-state index is 12.5. The monoisotopic (exact) mass is 395 g/mol. The van der Waals surface area contributed by atoms with Crippen LogP contribution in [0.25, 0.3) is 0 Å². The molecule has 5 nitrogen and oxygen atoms in total. The van der Waals surface area contributed by atoms with E-state index in [2.05, 4.69) is 36.3 Å². The Bertz CT molecular complexity index is 906. The Balaban J connectivity index is 1.67. The zero-order valence-corrected chi connectivity index (χ0v) is 17.4. The number of rotatable bonds is 5. The molecule has 2 aromatic carbocycles. The minimum atomic E-state index is -0.456. The van der Waals surface area contributed by atoms with Gasteiger partial charge in [0.05, 0.1) is 5.69 Å². The van der Waals surface area contributed by atoms with Gasteiger partial charge in [-0.2, -0.15) is 0 Å². The Morgan fingerprint density at radius 1 is 1.18 bits per heavy atom. The zero-order chi connectivity index (χ0) is 20.3. The van der Waals surface area contributed by atoms with Crippen LogP contribution in [0.5, 0.6) is 0 Å². The van der Waals surface area contributed by atoms with E-state index in [9.17, 15) is 9.59 Å². The number of aliphatic imine (C=N–C) groups is 1. The number of carbonyl (C=O) groups excluding carboxylic acids is 2. The van der Waals surface area contributed by atoms with E-state index in [1.165, 1.54) is 22.2 Å². The van der Waals surface area contributed by atoms with Crippen molar-refractivity contribution in [3.63, 3.8) is 0 Å². The molecule has 0 aliphatic carbocycles. The first-order valence-corrected chi connectivity index (χ1v) is 10.2. The summed E-state index contributed by atoms with van der Waals surface area (Å²) in [7, 11) is 1.70. The summed E-state index contributed by atoms with van der Waals surface area (Å²) in [6.45, 7) is 6.23. The number of anilines is 1. The van der Waals surface area contributed by atoms with Gasteiger partial charge in [0.1, 0.15) is 5.25 Å². The molecule has 1 aliphatic rings. The van der Waals surface area contributed by atoms with E-state index in [0.717, 1.165) is 16.9 Å². The Hall–Kier alpha value is -2.60. The first-order valence-electron chi connectivity index (χ1n) is 9.33. The predicted octanol–water partition coefficient (Wildman–Crippen LogP) is 4.71. The fraction of sp³-hybridized carbons (Fsp3) is 0.318. The predicted molar refractivity (Wildman–Crippen MR) is 116 cm³/mol. The molecule has 0 spiro atoms. The lowest BCUT2D eigenvalue weighted by Crippen LogP contribution is -2.30. The van der Waals surface area contributed by atoms with Crippen molar-refractivity contribution < 1.29 is 9.59 Å². The van der Waals surface area contributed by atoms with Crippen LogP contribution in [0.1, 0.15) is 37.3 Å². The Morgan fingerprint density at radius 3 is 2.50 bits per heavy atom. The number of para-hydroxylation sites is 1. The van der Waals surface area contributed by atoms with Crippen LogP contribution in [0.4, 0.5) is 11.4 Å². The van der Waals surface area contributed by atoms with Crippen molar-refractivity contribution in [2.24, 2.45) is 4.99 Å². The number of carbonyl (C=O) groups is 2. The molecule has 2 amide bonds. The van der Waals surface area contributed by atoms with Gasteiger partial charge >= 0.3 is 0 Å². The molecule has 2 aromatic rings. The van der Waals surface area contributed by atoms with E-state index in [-0.39, 0.29) is 18.2 Å². The topological polar surface area (TPSA) is 61.8 Å². The van der Waals surface area contributed by atoms with Gasteiger partial charge in [-0.15, -0.1) is 0 Å². The zero-order valence-electron chi connectivity index (χ0n) is 16.6. The van der Waals surface area contributed by atoms with Gasteiger partial charge in [0.15, 0.2) is 5.17 Å². The van der Waals surface area contributed by atoms with Gasteiger partial charge in [-0.05, 0) is 42.2 Å². The first kappa shape index (κ1) is 20.1. The smallest absolute Gasteiger partial charge is 0.242 e. The summed E-state index contributed by atoms with van der Waals surface area (Å²) in [4.78, 5) is 31.1. The second-order valence-corrected chi connectivity index (χ2v) is 8.38. The Kier molecular flexibility index (Phi) is 6.19. The van der Waals surface area contributed by atoms with Crippen molar-refractivity contribution in [3.8, 4) is 0 Å². The molecule has 0 bridgehead atoms. The summed E-state index contributed by atoms with van der Waals surface area (Å²) in [6.07, 6.45) is 0.119. The number of hydrogen-bond acceptors (Lipinski definition) is 4. The molecule has 1 atom stereocenters. The van der Waals surface area contributed by atoms with Crippen LogP contribution in [0.2, 0.25) is 0 Å². The summed E-state index contributed by atoms with van der Waals surface area (Å²) in [5.41, 5.74) is 3.82. The van der Waals surface area contributed by atoms with Gasteiger partial charge < -0.3 is 5.32 Å². The van der Waals surface area contributed by atoms with Gasteiger partial charge in [0.2, 0.25) is 11.8 Å². The van der Waals surface area contributed by atoms with E-state index < -0.39 is 5.25 Å². The van der Waals surface area contributed by atoms with Gasteiger partial charge in [-0.3, -0.25) is 14.5 Å². The highest BCUT2D eigenvalue weighted by molar-refractivity contribution is 8.15. The molecule has 146 valence electrons. The van der Waals surface area contributed by atoms with E-state index >= 15 is 0 Å². The molecule has 1 N–H and O–H groups in total. The number of hydrogen-bond donors (Lipinski definition) is 1. The second kappa shape index (κ2) is 8.61. The fourth-order valence-electron chi connectivity index (χ4n) is 2.92. The van der Waals surface area contributed by atoms with Gasteiger partial charge in [0.25, 0.3) is 0 Å². The lowest BCUT2D eigenvalue weighted by Gasteiger charge is -2.10. The summed E-state index contributed by atoms with van der Waals surface area (Å²) in [6, 6.07) is 15.6. The summed E-state index contributed by atoms with van der Waals surface area (Å²) < 4.78 is 0. The fourth-order valence-corrected chi connectivity index (χ4v) is 4.08. The molecular formula is C22H25N3O2S. The third-order valence-corrected chi connectivity index (χ3v) is 5.94. The number of aryl methyl sites for hydroxylation is 1. The number of nitrogens with zero attached hydrogens (tertiary/aromatic N) is 2. The average Bonchev–Trinajstić information content (AvgIpc) is 2.92. The van der Waals surface area contributed by atoms with Crippen molar-refractivity contribution >= 4 is 40.1 Å². The lowest BCUT2D eigenvalue weighted by molar-refractivity contribution is -0.127. The minimum Gasteiger partial charge on any atom is -0.326 e. The van der Waals surface area contributed by atoms with E-state index in [1.807, 2.05) is 43.3 Å². The molecule has 1 saturated heterocycles. The minimum absolute atomic E-state index is 0.0949. The molecule has 0 saturated carbocycles. The van der Waals surface area contributed by atoms with E-state index in [1.54, 1.807) is 7.05 Å². The largest absolute Gasteiger partial charge is 0.326 e. The van der Waals surface area contributed by atoms with Crippen molar-refractivity contribution in [2.75, 3.05) is 12.4 Å². The number of nitrogens with one attached hydrogen (secondary N) is 1. The highest BCUT2D eigenvalue weighted by atomic mass is 32.2. The normalized spacial score (nSPS) is 18.2. The molecular weight excluding hydrogens is 370 g/mol. The molecule has 3 rings (SSSR count). The first-order chi connectivity index (χ1) is 13.3. The Labute approximate surface area is 170 Å². The van der Waals surface area contributed by atoms with Crippen molar-refractivity contribution in [2.45, 2.75) is 38.4 Å². The van der Waals surface area contributed by atoms with Crippen LogP contribution >= 0.6 is 11.8 Å². The molecule has 28 heavy (non-hydrogen) atoms. The molecule has 6 heteroatoms. The molecule has 1 unspecified atom stereocenters. The van der Waals surface area contributed by atoms with Gasteiger partial charge in [0, 0.05) is 19.2 Å².